The van der Waals surface area contributed by atoms with Crippen molar-refractivity contribution in [2.75, 3.05) is 39.4 Å². The van der Waals surface area contributed by atoms with Crippen LogP contribution in [0.15, 0.2) is 114 Å². The molecule has 1 fully saturated rings. The van der Waals surface area contributed by atoms with Crippen molar-refractivity contribution in [2.45, 2.75) is 69.2 Å². The Morgan fingerprint density at radius 3 is 2.45 bits per heavy atom. The number of unbranched alkanes of at least 4 members (excludes halogenated alkanes) is 2. The van der Waals surface area contributed by atoms with E-state index in [0.717, 1.165) is 47.6 Å². The number of hydrogen-bond donors (Lipinski definition) is 2. The van der Waals surface area contributed by atoms with Crippen LogP contribution in [0.1, 0.15) is 62.0 Å². The van der Waals surface area contributed by atoms with Crippen LogP contribution >= 0.6 is 11.6 Å². The second kappa shape index (κ2) is 20.1. The number of hydrogen-bond acceptors (Lipinski definition) is 9. The molecule has 4 aromatic rings. The van der Waals surface area contributed by atoms with E-state index in [0.29, 0.717) is 41.4 Å². The van der Waals surface area contributed by atoms with Crippen LogP contribution in [0, 0.1) is 23.6 Å². The molecule has 1 saturated carbocycles. The maximum Gasteiger partial charge on any atom is 0.410 e. The Morgan fingerprint density at radius 2 is 1.72 bits per heavy atom. The minimum Gasteiger partial charge on any atom is -0.459 e. The van der Waals surface area contributed by atoms with Gasteiger partial charge in [-0.1, -0.05) is 72.6 Å². The summed E-state index contributed by atoms with van der Waals surface area (Å²) in [4.78, 5) is 21.5. The van der Waals surface area contributed by atoms with E-state index in [-0.39, 0.29) is 63.0 Å². The number of carbonyl (C=O) groups is 1. The van der Waals surface area contributed by atoms with E-state index in [1.807, 2.05) is 42.5 Å². The number of halogens is 2. The molecule has 0 radical (unpaired) electrons. The van der Waals surface area contributed by atoms with Gasteiger partial charge in [0.05, 0.1) is 24.1 Å². The average molecular weight is 841 g/mol. The van der Waals surface area contributed by atoms with Crippen LogP contribution in [0.4, 0.5) is 9.18 Å². The number of nitrogens with zero attached hydrogens (tertiary/aromatic N) is 2. The van der Waals surface area contributed by atoms with Crippen LogP contribution < -0.4 is 9.47 Å². The number of aliphatic hydroxyl groups is 2. The highest BCUT2D eigenvalue weighted by atomic mass is 35.5. The molecule has 10 nitrogen and oxygen atoms in total. The number of alkyl halides is 1. The Hall–Kier alpha value is -4.94. The molecule has 1 aliphatic heterocycles. The summed E-state index contributed by atoms with van der Waals surface area (Å²) in [6, 6.07) is 25.2. The largest absolute Gasteiger partial charge is 0.459 e. The predicted molar refractivity (Wildman–Crippen MR) is 230 cm³/mol. The maximum absolute atomic E-state index is 14.4. The van der Waals surface area contributed by atoms with Crippen molar-refractivity contribution < 1.29 is 43.2 Å². The molecule has 0 saturated heterocycles. The smallest absolute Gasteiger partial charge is 0.410 e. The average Bonchev–Trinajstić information content (AvgIpc) is 3.26. The van der Waals surface area contributed by atoms with Crippen LogP contribution in [0.5, 0.6) is 17.2 Å². The van der Waals surface area contributed by atoms with Gasteiger partial charge in [-0.3, -0.25) is 4.90 Å². The fraction of sp³-hybridized carbons (Fsp3) is 0.417. The van der Waals surface area contributed by atoms with Crippen molar-refractivity contribution in [3.63, 3.8) is 0 Å². The highest BCUT2D eigenvalue weighted by molar-refractivity contribution is 6.18. The molecular formula is C48H54ClFN2O8. The third-order valence-corrected chi connectivity index (χ3v) is 12.1. The monoisotopic (exact) mass is 840 g/mol. The summed E-state index contributed by atoms with van der Waals surface area (Å²) in [5.41, 5.74) is 3.13. The number of amides is 1. The zero-order chi connectivity index (χ0) is 42.1. The first kappa shape index (κ1) is 43.2. The molecule has 12 heteroatoms. The molecule has 1 heterocycles. The van der Waals surface area contributed by atoms with Gasteiger partial charge in [-0.15, -0.1) is 18.2 Å². The van der Waals surface area contributed by atoms with Crippen LogP contribution in [0.3, 0.4) is 0 Å². The molecule has 318 valence electrons. The standard InChI is InChI=1S/C48H54ClFN2O8/c1-3-25-58-48-44(52(47(55)57-26-22-49)31-32-14-17-36(50)18-15-32)30-42(51-56-2)40-28-35(12-6-8-23-53)39(13-7-9-24-54)45(46(40)48)41-29-38(20-21-43(41)60-48)59-37-19-16-33-10-4-5-11-34(33)27-37/h3-5,10-11,14-21,27-29,35,39,44-46,53-54H,1,6-9,12-13,22-26,30-31H2,2H3/t35-,39+,44-,45+,46+,48+/m0/s1. The zero-order valence-electron chi connectivity index (χ0n) is 34.0. The van der Waals surface area contributed by atoms with Gasteiger partial charge in [-0.05, 0) is 102 Å². The number of benzene rings is 4. The van der Waals surface area contributed by atoms with Crippen LogP contribution in [0.25, 0.3) is 10.8 Å². The van der Waals surface area contributed by atoms with Crippen molar-refractivity contribution in [1.82, 2.24) is 4.90 Å². The first-order valence-corrected chi connectivity index (χ1v) is 21.4. The first-order valence-electron chi connectivity index (χ1n) is 20.9. The Morgan fingerprint density at radius 1 is 0.983 bits per heavy atom. The Labute approximate surface area is 356 Å². The summed E-state index contributed by atoms with van der Waals surface area (Å²) < 4.78 is 40.8. The van der Waals surface area contributed by atoms with E-state index in [9.17, 15) is 19.4 Å². The van der Waals surface area contributed by atoms with Crippen molar-refractivity contribution in [1.29, 1.82) is 0 Å². The number of ether oxygens (including phenoxy) is 4. The lowest BCUT2D eigenvalue weighted by Gasteiger charge is -2.59. The van der Waals surface area contributed by atoms with Gasteiger partial charge in [0.15, 0.2) is 0 Å². The number of oxime groups is 1. The molecule has 2 N–H and O–H groups in total. The molecule has 6 atom stereocenters. The van der Waals surface area contributed by atoms with Gasteiger partial charge in [-0.2, -0.15) is 0 Å². The summed E-state index contributed by atoms with van der Waals surface area (Å²) in [6.07, 6.45) is 7.95. The van der Waals surface area contributed by atoms with E-state index in [4.69, 9.17) is 35.4 Å². The molecule has 60 heavy (non-hydrogen) atoms. The first-order chi connectivity index (χ1) is 29.3. The fourth-order valence-electron chi connectivity index (χ4n) is 9.49. The molecule has 0 aromatic heterocycles. The Kier molecular flexibility index (Phi) is 14.4. The normalized spacial score (nSPS) is 23.5. The number of aliphatic hydroxyl groups excluding tert-OH is 2. The quantitative estimate of drug-likeness (QED) is 0.0415. The van der Waals surface area contributed by atoms with Crippen LogP contribution in [0.2, 0.25) is 0 Å². The van der Waals surface area contributed by atoms with Gasteiger partial charge in [0.1, 0.15) is 42.8 Å². The lowest BCUT2D eigenvalue weighted by atomic mass is 9.55. The minimum absolute atomic E-state index is 0.0190. The van der Waals surface area contributed by atoms with Crippen LogP contribution in [-0.2, 0) is 20.9 Å². The third-order valence-electron chi connectivity index (χ3n) is 12.0. The summed E-state index contributed by atoms with van der Waals surface area (Å²) in [5, 5.41) is 26.6. The molecule has 7 rings (SSSR count). The number of carbonyl (C=O) groups excluding carboxylic acids is 1. The number of fused-ring (bicyclic) bond motifs is 3. The molecule has 0 spiro atoms. The highest BCUT2D eigenvalue weighted by Crippen LogP contribution is 2.62. The van der Waals surface area contributed by atoms with Gasteiger partial charge in [0.25, 0.3) is 0 Å². The number of rotatable bonds is 19. The summed E-state index contributed by atoms with van der Waals surface area (Å²) in [6.45, 7) is 4.27. The molecule has 0 unspecified atom stereocenters. The van der Waals surface area contributed by atoms with E-state index in [1.54, 1.807) is 23.1 Å². The lowest BCUT2D eigenvalue weighted by Crippen LogP contribution is -2.70. The van der Waals surface area contributed by atoms with Gasteiger partial charge >= 0.3 is 6.09 Å². The molecular weight excluding hydrogens is 787 g/mol. The minimum atomic E-state index is -1.50. The topological polar surface area (TPSA) is 119 Å². The third kappa shape index (κ3) is 9.19. The molecule has 0 bridgehead atoms. The molecule has 2 aliphatic carbocycles. The summed E-state index contributed by atoms with van der Waals surface area (Å²) >= 11 is 6.04. The maximum atomic E-state index is 14.4. The van der Waals surface area contributed by atoms with E-state index < -0.39 is 29.7 Å². The zero-order valence-corrected chi connectivity index (χ0v) is 34.8. The van der Waals surface area contributed by atoms with E-state index in [1.165, 1.54) is 19.2 Å². The van der Waals surface area contributed by atoms with E-state index >= 15 is 0 Å². The summed E-state index contributed by atoms with van der Waals surface area (Å²) in [7, 11) is 1.50. The second-order valence-corrected chi connectivity index (χ2v) is 16.0. The van der Waals surface area contributed by atoms with Gasteiger partial charge in [-0.25, -0.2) is 9.18 Å². The summed E-state index contributed by atoms with van der Waals surface area (Å²) in [5.74, 6) is -0.608. The molecule has 1 amide bonds. The number of allylic oxidation sites excluding steroid dienone is 1. The highest BCUT2D eigenvalue weighted by Gasteiger charge is 2.65. The van der Waals surface area contributed by atoms with Crippen LogP contribution in [-0.4, -0.2) is 78.2 Å². The second-order valence-electron chi connectivity index (χ2n) is 15.6. The van der Waals surface area contributed by atoms with Crippen molar-refractivity contribution in [3.8, 4) is 17.2 Å². The molecule has 4 aromatic carbocycles. The van der Waals surface area contributed by atoms with Crippen molar-refractivity contribution >= 4 is 34.2 Å². The van der Waals surface area contributed by atoms with Gasteiger partial charge in [0.2, 0.25) is 5.79 Å². The fourth-order valence-corrected chi connectivity index (χ4v) is 9.56. The Bertz CT molecular complexity index is 2160. The van der Waals surface area contributed by atoms with Crippen molar-refractivity contribution in [2.24, 2.45) is 22.9 Å². The van der Waals surface area contributed by atoms with E-state index in [2.05, 4.69) is 36.0 Å². The lowest BCUT2D eigenvalue weighted by molar-refractivity contribution is -0.256. The molecule has 3 aliphatic rings. The predicted octanol–water partition coefficient (Wildman–Crippen LogP) is 9.91. The van der Waals surface area contributed by atoms with Gasteiger partial charge in [0, 0.05) is 37.7 Å². The van der Waals surface area contributed by atoms with Gasteiger partial charge < -0.3 is 34.0 Å². The SMILES string of the molecule is C=CCO[C@@]12Oc3ccc(Oc4ccc5ccccc5c4)cc3[C@H]3[C@H](CCCCO)[C@@H](CCCCO)C=C(C(=NOC)C[C@@H]1N(Cc1ccc(F)cc1)C(=O)OCCCl)[C@H]32. The van der Waals surface area contributed by atoms with Crippen molar-refractivity contribution in [3.05, 3.63) is 126 Å². The Balaban J connectivity index is 1.43.